The summed E-state index contributed by atoms with van der Waals surface area (Å²) < 4.78 is 11.8. The van der Waals surface area contributed by atoms with Crippen LogP contribution in [-0.2, 0) is 5.41 Å². The SMILES string of the molecule is CC(C)(C)c1ccc(Nc2ccc3c(c2)Oc2ccccc2O3)cc1. The van der Waals surface area contributed by atoms with Crippen LogP contribution in [-0.4, -0.2) is 0 Å². The number of benzene rings is 3. The Bertz CT molecular complexity index is 908. The predicted octanol–water partition coefficient (Wildman–Crippen LogP) is 6.63. The molecule has 3 aromatic rings. The summed E-state index contributed by atoms with van der Waals surface area (Å²) >= 11 is 0. The Labute approximate surface area is 148 Å². The van der Waals surface area contributed by atoms with Crippen molar-refractivity contribution in [3.05, 3.63) is 72.3 Å². The molecular formula is C22H21NO2. The van der Waals surface area contributed by atoms with Gasteiger partial charge in [-0.05, 0) is 47.4 Å². The Morgan fingerprint density at radius 3 is 1.84 bits per heavy atom. The maximum absolute atomic E-state index is 5.95. The fraction of sp³-hybridized carbons (Fsp3) is 0.182. The molecule has 1 aliphatic rings. The minimum Gasteiger partial charge on any atom is -0.450 e. The molecule has 0 radical (unpaired) electrons. The average Bonchev–Trinajstić information content (AvgIpc) is 2.59. The molecule has 0 aliphatic carbocycles. The Hall–Kier alpha value is -2.94. The van der Waals surface area contributed by atoms with E-state index in [-0.39, 0.29) is 5.41 Å². The largest absolute Gasteiger partial charge is 0.450 e. The van der Waals surface area contributed by atoms with Gasteiger partial charge in [0.2, 0.25) is 0 Å². The third-order valence-corrected chi connectivity index (χ3v) is 4.27. The molecule has 0 amide bonds. The van der Waals surface area contributed by atoms with Gasteiger partial charge in [-0.2, -0.15) is 0 Å². The molecular weight excluding hydrogens is 310 g/mol. The standard InChI is InChI=1S/C22H21NO2/c1-22(2,3)15-8-10-16(11-9-15)23-17-12-13-20-21(14-17)25-19-7-5-4-6-18(19)24-20/h4-14,23H,1-3H3. The number of rotatable bonds is 2. The number of anilines is 2. The van der Waals surface area contributed by atoms with Gasteiger partial charge in [-0.25, -0.2) is 0 Å². The molecule has 1 heterocycles. The smallest absolute Gasteiger partial charge is 0.172 e. The van der Waals surface area contributed by atoms with Crippen LogP contribution in [0.25, 0.3) is 0 Å². The molecule has 4 rings (SSSR count). The zero-order chi connectivity index (χ0) is 17.4. The van der Waals surface area contributed by atoms with Crippen LogP contribution in [0.2, 0.25) is 0 Å². The first-order chi connectivity index (χ1) is 12.0. The third kappa shape index (κ3) is 3.18. The van der Waals surface area contributed by atoms with Crippen molar-refractivity contribution >= 4 is 11.4 Å². The highest BCUT2D eigenvalue weighted by Crippen LogP contribution is 2.46. The fourth-order valence-electron chi connectivity index (χ4n) is 2.83. The summed E-state index contributed by atoms with van der Waals surface area (Å²) in [7, 11) is 0. The maximum atomic E-state index is 5.95. The Kier molecular flexibility index (Phi) is 3.65. The van der Waals surface area contributed by atoms with Crippen LogP contribution >= 0.6 is 0 Å². The van der Waals surface area contributed by atoms with E-state index in [4.69, 9.17) is 9.47 Å². The van der Waals surface area contributed by atoms with Crippen molar-refractivity contribution in [2.24, 2.45) is 0 Å². The second-order valence-corrected chi connectivity index (χ2v) is 7.26. The summed E-state index contributed by atoms with van der Waals surface area (Å²) in [4.78, 5) is 0. The number of ether oxygens (including phenoxy) is 2. The van der Waals surface area contributed by atoms with Gasteiger partial charge in [-0.15, -0.1) is 0 Å². The lowest BCUT2D eigenvalue weighted by atomic mass is 9.87. The van der Waals surface area contributed by atoms with Gasteiger partial charge in [-0.3, -0.25) is 0 Å². The second-order valence-electron chi connectivity index (χ2n) is 7.26. The maximum Gasteiger partial charge on any atom is 0.172 e. The van der Waals surface area contributed by atoms with Crippen LogP contribution in [0.5, 0.6) is 23.0 Å². The van der Waals surface area contributed by atoms with E-state index in [2.05, 4.69) is 50.4 Å². The molecule has 25 heavy (non-hydrogen) atoms. The van der Waals surface area contributed by atoms with Crippen LogP contribution in [0.1, 0.15) is 26.3 Å². The van der Waals surface area contributed by atoms with E-state index in [9.17, 15) is 0 Å². The van der Waals surface area contributed by atoms with Crippen LogP contribution in [0.4, 0.5) is 11.4 Å². The molecule has 0 bridgehead atoms. The molecule has 0 spiro atoms. The Morgan fingerprint density at radius 1 is 0.640 bits per heavy atom. The molecule has 0 atom stereocenters. The first-order valence-corrected chi connectivity index (χ1v) is 8.45. The topological polar surface area (TPSA) is 30.5 Å². The highest BCUT2D eigenvalue weighted by Gasteiger charge is 2.18. The molecule has 1 N–H and O–H groups in total. The molecule has 0 saturated carbocycles. The molecule has 1 aliphatic heterocycles. The predicted molar refractivity (Wildman–Crippen MR) is 101 cm³/mol. The van der Waals surface area contributed by atoms with Gasteiger partial charge in [0.1, 0.15) is 0 Å². The fourth-order valence-corrected chi connectivity index (χ4v) is 2.83. The number of hydrogen-bond donors (Lipinski definition) is 1. The van der Waals surface area contributed by atoms with E-state index < -0.39 is 0 Å². The molecule has 0 aromatic heterocycles. The molecule has 0 saturated heterocycles. The Morgan fingerprint density at radius 2 is 1.20 bits per heavy atom. The molecule has 3 heteroatoms. The number of fused-ring (bicyclic) bond motifs is 2. The van der Waals surface area contributed by atoms with Gasteiger partial charge < -0.3 is 14.8 Å². The van der Waals surface area contributed by atoms with Gasteiger partial charge >= 0.3 is 0 Å². The Balaban J connectivity index is 1.55. The van der Waals surface area contributed by atoms with E-state index in [0.717, 1.165) is 34.4 Å². The minimum absolute atomic E-state index is 0.156. The first-order valence-electron chi connectivity index (χ1n) is 8.45. The summed E-state index contributed by atoms with van der Waals surface area (Å²) in [6.07, 6.45) is 0. The molecule has 3 aromatic carbocycles. The van der Waals surface area contributed by atoms with Crippen molar-refractivity contribution in [1.29, 1.82) is 0 Å². The van der Waals surface area contributed by atoms with Crippen LogP contribution in [0.3, 0.4) is 0 Å². The highest BCUT2D eigenvalue weighted by molar-refractivity contribution is 5.66. The zero-order valence-electron chi connectivity index (χ0n) is 14.7. The number of nitrogens with one attached hydrogen (secondary N) is 1. The van der Waals surface area contributed by atoms with Crippen molar-refractivity contribution in [1.82, 2.24) is 0 Å². The third-order valence-electron chi connectivity index (χ3n) is 4.27. The molecule has 3 nitrogen and oxygen atoms in total. The van der Waals surface area contributed by atoms with Crippen LogP contribution < -0.4 is 14.8 Å². The van der Waals surface area contributed by atoms with Gasteiger partial charge in [0.05, 0.1) is 0 Å². The normalized spacial score (nSPS) is 12.4. The van der Waals surface area contributed by atoms with Crippen molar-refractivity contribution in [3.8, 4) is 23.0 Å². The number of hydrogen-bond acceptors (Lipinski definition) is 3. The van der Waals surface area contributed by atoms with E-state index in [1.54, 1.807) is 0 Å². The van der Waals surface area contributed by atoms with Gasteiger partial charge in [0.25, 0.3) is 0 Å². The van der Waals surface area contributed by atoms with E-state index >= 15 is 0 Å². The molecule has 126 valence electrons. The molecule has 0 unspecified atom stereocenters. The van der Waals surface area contributed by atoms with E-state index in [1.807, 2.05) is 42.5 Å². The highest BCUT2D eigenvalue weighted by atomic mass is 16.6. The van der Waals surface area contributed by atoms with Gasteiger partial charge in [0.15, 0.2) is 23.0 Å². The summed E-state index contributed by atoms with van der Waals surface area (Å²) in [5, 5.41) is 3.42. The lowest BCUT2D eigenvalue weighted by Gasteiger charge is -2.21. The lowest BCUT2D eigenvalue weighted by Crippen LogP contribution is -2.10. The van der Waals surface area contributed by atoms with E-state index in [0.29, 0.717) is 0 Å². The second kappa shape index (κ2) is 5.85. The van der Waals surface area contributed by atoms with E-state index in [1.165, 1.54) is 5.56 Å². The van der Waals surface area contributed by atoms with Crippen molar-refractivity contribution in [3.63, 3.8) is 0 Å². The summed E-state index contributed by atoms with van der Waals surface area (Å²) in [6.45, 7) is 6.65. The average molecular weight is 331 g/mol. The minimum atomic E-state index is 0.156. The summed E-state index contributed by atoms with van der Waals surface area (Å²) in [6, 6.07) is 22.1. The summed E-state index contributed by atoms with van der Waals surface area (Å²) in [5.74, 6) is 2.93. The van der Waals surface area contributed by atoms with Crippen molar-refractivity contribution in [2.45, 2.75) is 26.2 Å². The van der Waals surface area contributed by atoms with Crippen LogP contribution in [0.15, 0.2) is 66.7 Å². The molecule has 0 fully saturated rings. The van der Waals surface area contributed by atoms with Gasteiger partial charge in [0, 0.05) is 17.4 Å². The van der Waals surface area contributed by atoms with Crippen molar-refractivity contribution < 1.29 is 9.47 Å². The monoisotopic (exact) mass is 331 g/mol. The quantitative estimate of drug-likeness (QED) is 0.447. The zero-order valence-corrected chi connectivity index (χ0v) is 14.7. The number of para-hydroxylation sites is 2. The van der Waals surface area contributed by atoms with Crippen molar-refractivity contribution in [2.75, 3.05) is 5.32 Å². The summed E-state index contributed by atoms with van der Waals surface area (Å²) in [5.41, 5.74) is 3.48. The first kappa shape index (κ1) is 15.6. The van der Waals surface area contributed by atoms with Gasteiger partial charge in [-0.1, -0.05) is 45.0 Å². The van der Waals surface area contributed by atoms with Crippen LogP contribution in [0, 0.1) is 0 Å². The lowest BCUT2D eigenvalue weighted by molar-refractivity contribution is 0.360.